The number of nitrogens with one attached hydrogen (secondary N) is 1. The van der Waals surface area contributed by atoms with Gasteiger partial charge in [0.1, 0.15) is 0 Å². The Hall–Kier alpha value is -2.95. The van der Waals surface area contributed by atoms with Crippen molar-refractivity contribution in [3.63, 3.8) is 0 Å². The molecule has 5 nitrogen and oxygen atoms in total. The molecule has 0 atom stereocenters. The van der Waals surface area contributed by atoms with Gasteiger partial charge in [-0.25, -0.2) is 4.68 Å². The van der Waals surface area contributed by atoms with E-state index in [1.54, 1.807) is 13.1 Å². The first-order valence-corrected chi connectivity index (χ1v) is 9.23. The molecule has 2 aromatic carbocycles. The molecule has 0 aliphatic carbocycles. The minimum Gasteiger partial charge on any atom is -0.356 e. The van der Waals surface area contributed by atoms with Crippen LogP contribution in [0.5, 0.6) is 0 Å². The summed E-state index contributed by atoms with van der Waals surface area (Å²) in [6.07, 6.45) is 1.99. The Morgan fingerprint density at radius 3 is 2.59 bits per heavy atom. The number of benzene rings is 2. The molecule has 0 spiro atoms. The van der Waals surface area contributed by atoms with Crippen LogP contribution in [0.2, 0.25) is 0 Å². The number of rotatable bonds is 6. The van der Waals surface area contributed by atoms with Gasteiger partial charge < -0.3 is 5.32 Å². The summed E-state index contributed by atoms with van der Waals surface area (Å²) in [7, 11) is 1.61. The molecule has 0 aliphatic heterocycles. The highest BCUT2D eigenvalue weighted by atomic mass is 16.1. The van der Waals surface area contributed by atoms with E-state index in [2.05, 4.69) is 42.5 Å². The molecule has 1 aromatic heterocycles. The highest BCUT2D eigenvalue weighted by Crippen LogP contribution is 2.14. The van der Waals surface area contributed by atoms with Crippen molar-refractivity contribution in [2.24, 2.45) is 7.05 Å². The highest BCUT2D eigenvalue weighted by Gasteiger charge is 2.12. The fourth-order valence-electron chi connectivity index (χ4n) is 3.35. The van der Waals surface area contributed by atoms with E-state index in [9.17, 15) is 9.59 Å². The number of carbonyl (C=O) groups excluding carboxylic acids is 1. The lowest BCUT2D eigenvalue weighted by Gasteiger charge is -2.10. The maximum atomic E-state index is 12.3. The topological polar surface area (TPSA) is 64.0 Å². The van der Waals surface area contributed by atoms with Crippen LogP contribution in [-0.4, -0.2) is 22.2 Å². The van der Waals surface area contributed by atoms with Crippen molar-refractivity contribution < 1.29 is 4.79 Å². The van der Waals surface area contributed by atoms with Crippen LogP contribution >= 0.6 is 0 Å². The van der Waals surface area contributed by atoms with Crippen molar-refractivity contribution in [1.29, 1.82) is 0 Å². The largest absolute Gasteiger partial charge is 0.356 e. The number of hydrogen-bond donors (Lipinski definition) is 1. The zero-order chi connectivity index (χ0) is 19.4. The third-order valence-electron chi connectivity index (χ3n) is 4.80. The van der Waals surface area contributed by atoms with Crippen LogP contribution in [0.3, 0.4) is 0 Å². The predicted octanol–water partition coefficient (Wildman–Crippen LogP) is 2.84. The van der Waals surface area contributed by atoms with Gasteiger partial charge in [-0.2, -0.15) is 5.10 Å². The van der Waals surface area contributed by atoms with Gasteiger partial charge >= 0.3 is 0 Å². The van der Waals surface area contributed by atoms with Crippen LogP contribution in [0.15, 0.2) is 47.3 Å². The molecule has 0 aliphatic rings. The van der Waals surface area contributed by atoms with Crippen molar-refractivity contribution in [2.45, 2.75) is 33.1 Å². The summed E-state index contributed by atoms with van der Waals surface area (Å²) in [5.41, 5.74) is 4.35. The Morgan fingerprint density at radius 2 is 1.85 bits per heavy atom. The van der Waals surface area contributed by atoms with Gasteiger partial charge in [0.05, 0.1) is 17.5 Å². The lowest BCUT2D eigenvalue weighted by Crippen LogP contribution is -2.29. The van der Waals surface area contributed by atoms with Crippen molar-refractivity contribution >= 4 is 16.7 Å². The molecular weight excluding hydrogens is 338 g/mol. The van der Waals surface area contributed by atoms with Gasteiger partial charge in [-0.1, -0.05) is 42.0 Å². The second-order valence-electron chi connectivity index (χ2n) is 6.98. The van der Waals surface area contributed by atoms with Crippen LogP contribution in [0.4, 0.5) is 0 Å². The SMILES string of the molecule is Cc1ccc(CCCNC(=O)Cc2nn(C)c(=O)c3ccccc23)c(C)c1. The van der Waals surface area contributed by atoms with E-state index in [1.165, 1.54) is 21.4 Å². The fourth-order valence-corrected chi connectivity index (χ4v) is 3.35. The minimum atomic E-state index is -0.150. The smallest absolute Gasteiger partial charge is 0.274 e. The maximum absolute atomic E-state index is 12.3. The second kappa shape index (κ2) is 8.16. The Labute approximate surface area is 159 Å². The molecular formula is C22H25N3O2. The van der Waals surface area contributed by atoms with E-state index >= 15 is 0 Å². The number of fused-ring (bicyclic) bond motifs is 1. The monoisotopic (exact) mass is 363 g/mol. The van der Waals surface area contributed by atoms with E-state index < -0.39 is 0 Å². The molecule has 1 heterocycles. The average Bonchev–Trinajstić information content (AvgIpc) is 2.64. The Morgan fingerprint density at radius 1 is 1.11 bits per heavy atom. The van der Waals surface area contributed by atoms with Crippen molar-refractivity contribution in [3.05, 3.63) is 75.2 Å². The van der Waals surface area contributed by atoms with E-state index in [1.807, 2.05) is 18.2 Å². The van der Waals surface area contributed by atoms with E-state index in [0.29, 0.717) is 17.6 Å². The Balaban J connectivity index is 1.59. The summed E-state index contributed by atoms with van der Waals surface area (Å²) in [5.74, 6) is -0.0769. The Bertz CT molecular complexity index is 1040. The molecule has 3 rings (SSSR count). The van der Waals surface area contributed by atoms with Crippen LogP contribution in [-0.2, 0) is 24.7 Å². The third kappa shape index (κ3) is 4.42. The molecule has 3 aromatic rings. The average molecular weight is 363 g/mol. The number of nitrogens with zero attached hydrogens (tertiary/aromatic N) is 2. The van der Waals surface area contributed by atoms with Crippen LogP contribution in [0.1, 0.15) is 28.8 Å². The number of aryl methyl sites for hydroxylation is 4. The second-order valence-corrected chi connectivity index (χ2v) is 6.98. The standard InChI is InChI=1S/C22H25N3O2/c1-15-10-11-17(16(2)13-15)7-6-12-23-21(26)14-20-18-8-4-5-9-19(18)22(27)25(3)24-20/h4-5,8-11,13H,6-7,12,14H2,1-3H3,(H,23,26). The zero-order valence-corrected chi connectivity index (χ0v) is 16.1. The molecule has 0 saturated heterocycles. The van der Waals surface area contributed by atoms with Gasteiger partial charge in [-0.15, -0.1) is 0 Å². The normalized spacial score (nSPS) is 10.9. The maximum Gasteiger partial charge on any atom is 0.274 e. The van der Waals surface area contributed by atoms with Crippen molar-refractivity contribution in [1.82, 2.24) is 15.1 Å². The molecule has 0 unspecified atom stereocenters. The first kappa shape index (κ1) is 18.8. The first-order valence-electron chi connectivity index (χ1n) is 9.23. The molecule has 1 N–H and O–H groups in total. The number of hydrogen-bond acceptors (Lipinski definition) is 3. The minimum absolute atomic E-state index is 0.0769. The number of aromatic nitrogens is 2. The molecule has 0 saturated carbocycles. The Kier molecular flexibility index (Phi) is 5.69. The van der Waals surface area contributed by atoms with E-state index in [0.717, 1.165) is 18.2 Å². The summed E-state index contributed by atoms with van der Waals surface area (Å²) >= 11 is 0. The lowest BCUT2D eigenvalue weighted by atomic mass is 10.0. The van der Waals surface area contributed by atoms with Crippen molar-refractivity contribution in [2.75, 3.05) is 6.54 Å². The first-order chi connectivity index (χ1) is 13.0. The number of carbonyl (C=O) groups is 1. The molecule has 27 heavy (non-hydrogen) atoms. The van der Waals surface area contributed by atoms with Gasteiger partial charge in [-0.05, 0) is 43.9 Å². The zero-order valence-electron chi connectivity index (χ0n) is 16.1. The van der Waals surface area contributed by atoms with Gasteiger partial charge in [-0.3, -0.25) is 9.59 Å². The van der Waals surface area contributed by atoms with E-state index in [4.69, 9.17) is 0 Å². The van der Waals surface area contributed by atoms with Gasteiger partial charge in [0.15, 0.2) is 0 Å². The lowest BCUT2D eigenvalue weighted by molar-refractivity contribution is -0.120. The summed E-state index contributed by atoms with van der Waals surface area (Å²) in [5, 5.41) is 8.58. The molecule has 0 fully saturated rings. The molecule has 0 bridgehead atoms. The third-order valence-corrected chi connectivity index (χ3v) is 4.80. The van der Waals surface area contributed by atoms with Gasteiger partial charge in [0.25, 0.3) is 5.56 Å². The summed E-state index contributed by atoms with van der Waals surface area (Å²) in [6.45, 7) is 4.83. The predicted molar refractivity (Wildman–Crippen MR) is 108 cm³/mol. The van der Waals surface area contributed by atoms with Gasteiger partial charge in [0.2, 0.25) is 5.91 Å². The van der Waals surface area contributed by atoms with Gasteiger partial charge in [0, 0.05) is 19.0 Å². The fraction of sp³-hybridized carbons (Fsp3) is 0.318. The van der Waals surface area contributed by atoms with Crippen LogP contribution in [0, 0.1) is 13.8 Å². The van der Waals surface area contributed by atoms with Crippen molar-refractivity contribution in [3.8, 4) is 0 Å². The molecule has 5 heteroatoms. The quantitative estimate of drug-likeness (QED) is 0.685. The molecule has 0 radical (unpaired) electrons. The summed E-state index contributed by atoms with van der Waals surface area (Å²) in [6, 6.07) is 13.8. The summed E-state index contributed by atoms with van der Waals surface area (Å²) < 4.78 is 1.30. The molecule has 1 amide bonds. The molecule has 140 valence electrons. The van der Waals surface area contributed by atoms with Crippen LogP contribution < -0.4 is 10.9 Å². The summed E-state index contributed by atoms with van der Waals surface area (Å²) in [4.78, 5) is 24.5. The van der Waals surface area contributed by atoms with E-state index in [-0.39, 0.29) is 17.9 Å². The van der Waals surface area contributed by atoms with Crippen LogP contribution in [0.25, 0.3) is 10.8 Å². The highest BCUT2D eigenvalue weighted by molar-refractivity contribution is 5.88. The number of amides is 1.